The monoisotopic (exact) mass is 367 g/mol. The van der Waals surface area contributed by atoms with Gasteiger partial charge < -0.3 is 15.2 Å². The van der Waals surface area contributed by atoms with Crippen molar-refractivity contribution in [3.63, 3.8) is 0 Å². The van der Waals surface area contributed by atoms with Crippen molar-refractivity contribution in [2.24, 2.45) is 5.92 Å². The molecule has 1 aliphatic carbocycles. The van der Waals surface area contributed by atoms with Crippen LogP contribution in [0.1, 0.15) is 50.5 Å². The Labute approximate surface area is 160 Å². The first-order valence-electron chi connectivity index (χ1n) is 10.3. The minimum Gasteiger partial charge on any atom is -0.361 e. The molecule has 1 saturated carbocycles. The minimum atomic E-state index is -0.0450. The van der Waals surface area contributed by atoms with E-state index in [-0.39, 0.29) is 17.7 Å². The number of hydrogen-bond donors (Lipinski definition) is 2. The molecular weight excluding hydrogens is 338 g/mol. The maximum Gasteiger partial charge on any atom is 0.225 e. The minimum absolute atomic E-state index is 0.0450. The van der Waals surface area contributed by atoms with Crippen LogP contribution in [-0.2, 0) is 16.0 Å². The quantitative estimate of drug-likeness (QED) is 0.851. The fourth-order valence-corrected chi connectivity index (χ4v) is 4.55. The number of carbonyl (C=O) groups excluding carboxylic acids is 2. The number of amides is 2. The Bertz CT molecular complexity index is 807. The molecule has 1 aromatic carbocycles. The van der Waals surface area contributed by atoms with Crippen LogP contribution in [-0.4, -0.2) is 40.8 Å². The molecule has 144 valence electrons. The summed E-state index contributed by atoms with van der Waals surface area (Å²) in [6.45, 7) is 1.35. The Kier molecular flexibility index (Phi) is 5.46. The highest BCUT2D eigenvalue weighted by molar-refractivity contribution is 5.84. The second kappa shape index (κ2) is 8.15. The number of para-hydroxylation sites is 1. The van der Waals surface area contributed by atoms with Gasteiger partial charge in [0.1, 0.15) is 0 Å². The number of fused-ring (bicyclic) bond motifs is 1. The fraction of sp³-hybridized carbons (Fsp3) is 0.545. The summed E-state index contributed by atoms with van der Waals surface area (Å²) in [5.74, 6) is 0.270. The van der Waals surface area contributed by atoms with E-state index >= 15 is 0 Å². The molecule has 0 unspecified atom stereocenters. The van der Waals surface area contributed by atoms with Gasteiger partial charge in [-0.3, -0.25) is 9.59 Å². The Morgan fingerprint density at radius 2 is 1.93 bits per heavy atom. The highest BCUT2D eigenvalue weighted by Crippen LogP contribution is 2.23. The molecule has 5 nitrogen and oxygen atoms in total. The van der Waals surface area contributed by atoms with Crippen LogP contribution in [0.2, 0.25) is 0 Å². The van der Waals surface area contributed by atoms with E-state index in [4.69, 9.17) is 0 Å². The predicted octanol–water partition coefficient (Wildman–Crippen LogP) is 3.40. The molecule has 1 atom stereocenters. The molecule has 0 spiro atoms. The van der Waals surface area contributed by atoms with E-state index in [0.717, 1.165) is 44.2 Å². The maximum absolute atomic E-state index is 12.7. The van der Waals surface area contributed by atoms with Crippen molar-refractivity contribution in [3.8, 4) is 0 Å². The number of H-pyrrole nitrogens is 1. The van der Waals surface area contributed by atoms with E-state index in [1.54, 1.807) is 0 Å². The van der Waals surface area contributed by atoms with Gasteiger partial charge in [-0.05, 0) is 43.7 Å². The third-order valence-corrected chi connectivity index (χ3v) is 6.13. The predicted molar refractivity (Wildman–Crippen MR) is 106 cm³/mol. The van der Waals surface area contributed by atoms with Crippen molar-refractivity contribution in [1.29, 1.82) is 0 Å². The van der Waals surface area contributed by atoms with Crippen LogP contribution in [0.3, 0.4) is 0 Å². The molecule has 2 aromatic rings. The van der Waals surface area contributed by atoms with Gasteiger partial charge in [-0.1, -0.05) is 31.0 Å². The molecule has 4 rings (SSSR count). The molecule has 2 fully saturated rings. The second-order valence-corrected chi connectivity index (χ2v) is 8.03. The van der Waals surface area contributed by atoms with E-state index in [9.17, 15) is 9.59 Å². The first-order valence-corrected chi connectivity index (χ1v) is 10.3. The molecule has 5 heteroatoms. The molecule has 2 aliphatic rings. The highest BCUT2D eigenvalue weighted by atomic mass is 16.2. The largest absolute Gasteiger partial charge is 0.361 e. The van der Waals surface area contributed by atoms with Crippen molar-refractivity contribution >= 4 is 22.7 Å². The lowest BCUT2D eigenvalue weighted by atomic mass is 9.96. The normalized spacial score (nSPS) is 20.9. The van der Waals surface area contributed by atoms with Gasteiger partial charge in [-0.2, -0.15) is 0 Å². The number of aromatic amines is 1. The number of carbonyl (C=O) groups is 2. The molecule has 2 N–H and O–H groups in total. The summed E-state index contributed by atoms with van der Waals surface area (Å²) in [5.41, 5.74) is 2.30. The molecule has 2 amide bonds. The van der Waals surface area contributed by atoms with Crippen LogP contribution >= 0.6 is 0 Å². The standard InChI is InChI=1S/C22H29N3O2/c26-21(12-11-16-14-23-20-10-4-3-9-19(16)20)25-13-5-6-17(15-25)22(27)24-18-7-1-2-8-18/h3-4,9-10,14,17-18,23H,1-2,5-8,11-13,15H2,(H,24,27)/t17-/m1/s1. The Morgan fingerprint density at radius 3 is 2.78 bits per heavy atom. The number of likely N-dealkylation sites (tertiary alicyclic amines) is 1. The smallest absolute Gasteiger partial charge is 0.225 e. The zero-order valence-corrected chi connectivity index (χ0v) is 15.9. The van der Waals surface area contributed by atoms with E-state index < -0.39 is 0 Å². The van der Waals surface area contributed by atoms with Gasteiger partial charge in [-0.15, -0.1) is 0 Å². The van der Waals surface area contributed by atoms with E-state index in [1.165, 1.54) is 23.8 Å². The number of aryl methyl sites for hydroxylation is 1. The number of rotatable bonds is 5. The lowest BCUT2D eigenvalue weighted by molar-refractivity contribution is -0.135. The number of nitrogens with one attached hydrogen (secondary N) is 2. The van der Waals surface area contributed by atoms with Gasteiger partial charge in [0.25, 0.3) is 0 Å². The SMILES string of the molecule is O=C(NC1CCCC1)[C@@H]1CCCN(C(=O)CCc2c[nH]c3ccccc23)C1. The third kappa shape index (κ3) is 4.18. The van der Waals surface area contributed by atoms with Crippen LogP contribution in [0.5, 0.6) is 0 Å². The highest BCUT2D eigenvalue weighted by Gasteiger charge is 2.29. The summed E-state index contributed by atoms with van der Waals surface area (Å²) >= 11 is 0. The average Bonchev–Trinajstić information content (AvgIpc) is 3.36. The van der Waals surface area contributed by atoms with Crippen molar-refractivity contribution in [2.75, 3.05) is 13.1 Å². The van der Waals surface area contributed by atoms with E-state index in [1.807, 2.05) is 23.2 Å². The molecule has 1 aromatic heterocycles. The van der Waals surface area contributed by atoms with Gasteiger partial charge in [0.05, 0.1) is 5.92 Å². The fourth-order valence-electron chi connectivity index (χ4n) is 4.55. The van der Waals surface area contributed by atoms with Crippen LogP contribution in [0.25, 0.3) is 10.9 Å². The van der Waals surface area contributed by atoms with Crippen LogP contribution in [0, 0.1) is 5.92 Å². The molecule has 2 heterocycles. The number of benzene rings is 1. The van der Waals surface area contributed by atoms with Gasteiger partial charge in [0.2, 0.25) is 11.8 Å². The topological polar surface area (TPSA) is 65.2 Å². The number of hydrogen-bond acceptors (Lipinski definition) is 2. The van der Waals surface area contributed by atoms with Crippen LogP contribution in [0.4, 0.5) is 0 Å². The Morgan fingerprint density at radius 1 is 1.11 bits per heavy atom. The number of aromatic nitrogens is 1. The van der Waals surface area contributed by atoms with Crippen LogP contribution in [0.15, 0.2) is 30.5 Å². The van der Waals surface area contributed by atoms with Gasteiger partial charge in [0.15, 0.2) is 0 Å². The lowest BCUT2D eigenvalue weighted by Gasteiger charge is -2.32. The summed E-state index contributed by atoms with van der Waals surface area (Å²) in [7, 11) is 0. The Hall–Kier alpha value is -2.30. The Balaban J connectivity index is 1.31. The van der Waals surface area contributed by atoms with E-state index in [2.05, 4.69) is 22.4 Å². The van der Waals surface area contributed by atoms with Gasteiger partial charge in [-0.25, -0.2) is 0 Å². The summed E-state index contributed by atoms with van der Waals surface area (Å²) < 4.78 is 0. The molecule has 1 aliphatic heterocycles. The third-order valence-electron chi connectivity index (χ3n) is 6.13. The molecular formula is C22H29N3O2. The van der Waals surface area contributed by atoms with Crippen molar-refractivity contribution in [3.05, 3.63) is 36.0 Å². The van der Waals surface area contributed by atoms with Gasteiger partial charge in [0, 0.05) is 42.7 Å². The molecule has 0 bridgehead atoms. The zero-order chi connectivity index (χ0) is 18.6. The van der Waals surface area contributed by atoms with E-state index in [0.29, 0.717) is 19.0 Å². The number of piperidine rings is 1. The second-order valence-electron chi connectivity index (χ2n) is 8.03. The maximum atomic E-state index is 12.7. The molecule has 0 radical (unpaired) electrons. The summed E-state index contributed by atoms with van der Waals surface area (Å²) in [5, 5.41) is 4.39. The summed E-state index contributed by atoms with van der Waals surface area (Å²) in [6.07, 6.45) is 9.69. The van der Waals surface area contributed by atoms with Gasteiger partial charge >= 0.3 is 0 Å². The lowest BCUT2D eigenvalue weighted by Crippen LogP contribution is -2.47. The van der Waals surface area contributed by atoms with Crippen LogP contribution < -0.4 is 5.32 Å². The number of nitrogens with zero attached hydrogens (tertiary/aromatic N) is 1. The first kappa shape index (κ1) is 18.1. The first-order chi connectivity index (χ1) is 13.2. The summed E-state index contributed by atoms with van der Waals surface area (Å²) in [4.78, 5) is 30.5. The summed E-state index contributed by atoms with van der Waals surface area (Å²) in [6, 6.07) is 8.54. The van der Waals surface area contributed by atoms with Crippen molar-refractivity contribution in [1.82, 2.24) is 15.2 Å². The molecule has 1 saturated heterocycles. The molecule has 27 heavy (non-hydrogen) atoms. The zero-order valence-electron chi connectivity index (χ0n) is 15.9. The van der Waals surface area contributed by atoms with Crippen molar-refractivity contribution < 1.29 is 9.59 Å². The average molecular weight is 367 g/mol. The van der Waals surface area contributed by atoms with Crippen molar-refractivity contribution in [2.45, 2.75) is 57.4 Å².